The number of hydrogen-bond acceptors (Lipinski definition) is 1. The van der Waals surface area contributed by atoms with E-state index in [9.17, 15) is 0 Å². The van der Waals surface area contributed by atoms with E-state index >= 15 is 0 Å². The first-order valence-electron chi connectivity index (χ1n) is 5.67. The molecule has 1 atom stereocenters. The number of benzene rings is 2. The molecule has 1 nitrogen and oxygen atoms in total. The van der Waals surface area contributed by atoms with Crippen molar-refractivity contribution in [2.75, 3.05) is 0 Å². The van der Waals surface area contributed by atoms with Crippen LogP contribution in [0, 0.1) is 13.8 Å². The highest BCUT2D eigenvalue weighted by Crippen LogP contribution is 2.27. The van der Waals surface area contributed by atoms with Gasteiger partial charge in [-0.3, -0.25) is 0 Å². The summed E-state index contributed by atoms with van der Waals surface area (Å²) in [5, 5.41) is 0.798. The molecule has 0 aliphatic heterocycles. The van der Waals surface area contributed by atoms with Crippen molar-refractivity contribution in [3.05, 3.63) is 69.7 Å². The summed E-state index contributed by atoms with van der Waals surface area (Å²) >= 11 is 6.10. The second-order valence-electron chi connectivity index (χ2n) is 4.35. The first-order valence-corrected chi connectivity index (χ1v) is 6.04. The van der Waals surface area contributed by atoms with Crippen molar-refractivity contribution in [3.8, 4) is 0 Å². The van der Waals surface area contributed by atoms with Crippen LogP contribution in [-0.2, 0) is 0 Å². The average molecular weight is 246 g/mol. The highest BCUT2D eigenvalue weighted by molar-refractivity contribution is 6.31. The number of rotatable bonds is 2. The molecule has 0 aliphatic carbocycles. The number of aryl methyl sites for hydroxylation is 2. The predicted octanol–water partition coefficient (Wildman–Crippen LogP) is 4.00. The smallest absolute Gasteiger partial charge is 0.0554 e. The maximum Gasteiger partial charge on any atom is 0.0554 e. The summed E-state index contributed by atoms with van der Waals surface area (Å²) in [5.74, 6) is 0. The molecule has 17 heavy (non-hydrogen) atoms. The number of hydrogen-bond donors (Lipinski definition) is 1. The van der Waals surface area contributed by atoms with Gasteiger partial charge in [-0.1, -0.05) is 48.0 Å². The normalized spacial score (nSPS) is 12.5. The Labute approximate surface area is 107 Å². The van der Waals surface area contributed by atoms with Crippen molar-refractivity contribution < 1.29 is 0 Å². The van der Waals surface area contributed by atoms with E-state index in [1.807, 2.05) is 50.2 Å². The fourth-order valence-electron chi connectivity index (χ4n) is 1.98. The fourth-order valence-corrected chi connectivity index (χ4v) is 2.20. The zero-order valence-electron chi connectivity index (χ0n) is 10.1. The van der Waals surface area contributed by atoms with Crippen LogP contribution >= 0.6 is 11.6 Å². The Morgan fingerprint density at radius 3 is 2.29 bits per heavy atom. The lowest BCUT2D eigenvalue weighted by molar-refractivity contribution is 0.860. The van der Waals surface area contributed by atoms with Crippen molar-refractivity contribution in [2.24, 2.45) is 5.73 Å². The lowest BCUT2D eigenvalue weighted by atomic mass is 9.94. The third-order valence-corrected chi connectivity index (χ3v) is 3.45. The van der Waals surface area contributed by atoms with Crippen molar-refractivity contribution in [1.82, 2.24) is 0 Å². The molecule has 0 heterocycles. The molecule has 0 aliphatic rings. The first-order chi connectivity index (χ1) is 8.09. The highest BCUT2D eigenvalue weighted by Gasteiger charge is 2.12. The average Bonchev–Trinajstić information content (AvgIpc) is 2.34. The van der Waals surface area contributed by atoms with Crippen molar-refractivity contribution in [2.45, 2.75) is 19.9 Å². The Balaban J connectivity index is 2.44. The standard InChI is InChI=1S/C15H16ClN/c1-10-9-14(16)11(2)8-13(10)15(17)12-6-4-3-5-7-12/h3-9,15H,17H2,1-2H3. The number of halogens is 1. The van der Waals surface area contributed by atoms with Crippen LogP contribution in [0.2, 0.25) is 5.02 Å². The van der Waals surface area contributed by atoms with E-state index in [1.54, 1.807) is 0 Å². The molecule has 2 N–H and O–H groups in total. The summed E-state index contributed by atoms with van der Waals surface area (Å²) in [6.45, 7) is 4.05. The van der Waals surface area contributed by atoms with Crippen molar-refractivity contribution in [3.63, 3.8) is 0 Å². The van der Waals surface area contributed by atoms with Crippen molar-refractivity contribution >= 4 is 11.6 Å². The molecule has 88 valence electrons. The minimum absolute atomic E-state index is 0.0906. The zero-order valence-corrected chi connectivity index (χ0v) is 10.8. The van der Waals surface area contributed by atoms with Gasteiger partial charge in [0.15, 0.2) is 0 Å². The molecule has 0 amide bonds. The zero-order chi connectivity index (χ0) is 12.4. The summed E-state index contributed by atoms with van der Waals surface area (Å²) in [4.78, 5) is 0. The summed E-state index contributed by atoms with van der Waals surface area (Å²) in [6.07, 6.45) is 0. The van der Waals surface area contributed by atoms with E-state index in [4.69, 9.17) is 17.3 Å². The maximum atomic E-state index is 6.29. The lowest BCUT2D eigenvalue weighted by Gasteiger charge is -2.16. The van der Waals surface area contributed by atoms with E-state index in [1.165, 1.54) is 0 Å². The van der Waals surface area contributed by atoms with Gasteiger partial charge in [0.05, 0.1) is 6.04 Å². The van der Waals surface area contributed by atoms with Crippen LogP contribution < -0.4 is 5.73 Å². The third-order valence-electron chi connectivity index (χ3n) is 3.04. The van der Waals surface area contributed by atoms with Gasteiger partial charge in [-0.15, -0.1) is 0 Å². The summed E-state index contributed by atoms with van der Waals surface area (Å²) < 4.78 is 0. The Bertz CT molecular complexity index is 520. The van der Waals surface area contributed by atoms with Crippen LogP contribution in [0.3, 0.4) is 0 Å². The molecule has 2 aromatic carbocycles. The van der Waals surface area contributed by atoms with Crippen LogP contribution in [0.25, 0.3) is 0 Å². The molecule has 0 saturated heterocycles. The first kappa shape index (κ1) is 12.2. The lowest BCUT2D eigenvalue weighted by Crippen LogP contribution is -2.13. The Morgan fingerprint density at radius 1 is 1.00 bits per heavy atom. The molecular formula is C15H16ClN. The van der Waals surface area contributed by atoms with Crippen LogP contribution in [0.4, 0.5) is 0 Å². The molecule has 2 heteroatoms. The molecule has 0 spiro atoms. The number of nitrogens with two attached hydrogens (primary N) is 1. The van der Waals surface area contributed by atoms with Gasteiger partial charge in [0, 0.05) is 5.02 Å². The Kier molecular flexibility index (Phi) is 3.51. The van der Waals surface area contributed by atoms with Gasteiger partial charge in [0.25, 0.3) is 0 Å². The van der Waals surface area contributed by atoms with E-state index < -0.39 is 0 Å². The van der Waals surface area contributed by atoms with E-state index in [-0.39, 0.29) is 6.04 Å². The van der Waals surface area contributed by atoms with E-state index in [0.717, 1.165) is 27.3 Å². The van der Waals surface area contributed by atoms with Crippen LogP contribution in [0.1, 0.15) is 28.3 Å². The second kappa shape index (κ2) is 4.91. The van der Waals surface area contributed by atoms with Gasteiger partial charge in [-0.05, 0) is 42.2 Å². The minimum Gasteiger partial charge on any atom is -0.320 e. The largest absolute Gasteiger partial charge is 0.320 e. The summed E-state index contributed by atoms with van der Waals surface area (Å²) in [6, 6.07) is 14.1. The Morgan fingerprint density at radius 2 is 1.65 bits per heavy atom. The molecule has 0 fully saturated rings. The second-order valence-corrected chi connectivity index (χ2v) is 4.75. The highest BCUT2D eigenvalue weighted by atomic mass is 35.5. The fraction of sp³-hybridized carbons (Fsp3) is 0.200. The van der Waals surface area contributed by atoms with Gasteiger partial charge in [0.2, 0.25) is 0 Å². The van der Waals surface area contributed by atoms with E-state index in [2.05, 4.69) is 6.07 Å². The predicted molar refractivity (Wildman–Crippen MR) is 73.4 cm³/mol. The van der Waals surface area contributed by atoms with Crippen LogP contribution in [0.15, 0.2) is 42.5 Å². The molecule has 2 aromatic rings. The molecule has 0 saturated carbocycles. The molecule has 2 rings (SSSR count). The van der Waals surface area contributed by atoms with Crippen LogP contribution in [-0.4, -0.2) is 0 Å². The molecular weight excluding hydrogens is 230 g/mol. The van der Waals surface area contributed by atoms with Gasteiger partial charge in [0.1, 0.15) is 0 Å². The van der Waals surface area contributed by atoms with Gasteiger partial charge >= 0.3 is 0 Å². The molecule has 0 aromatic heterocycles. The SMILES string of the molecule is Cc1cc(C(N)c2ccccc2)c(C)cc1Cl. The maximum absolute atomic E-state index is 6.29. The summed E-state index contributed by atoms with van der Waals surface area (Å²) in [5.41, 5.74) is 10.8. The van der Waals surface area contributed by atoms with Crippen molar-refractivity contribution in [1.29, 1.82) is 0 Å². The molecule has 0 bridgehead atoms. The van der Waals surface area contributed by atoms with Gasteiger partial charge < -0.3 is 5.73 Å². The molecule has 1 unspecified atom stereocenters. The monoisotopic (exact) mass is 245 g/mol. The van der Waals surface area contributed by atoms with Crippen LogP contribution in [0.5, 0.6) is 0 Å². The van der Waals surface area contributed by atoms with E-state index in [0.29, 0.717) is 0 Å². The quantitative estimate of drug-likeness (QED) is 0.850. The third kappa shape index (κ3) is 2.51. The Hall–Kier alpha value is -1.31. The minimum atomic E-state index is -0.0906. The summed E-state index contributed by atoms with van der Waals surface area (Å²) in [7, 11) is 0. The van der Waals surface area contributed by atoms with Gasteiger partial charge in [-0.2, -0.15) is 0 Å². The topological polar surface area (TPSA) is 26.0 Å². The molecule has 0 radical (unpaired) electrons. The van der Waals surface area contributed by atoms with Gasteiger partial charge in [-0.25, -0.2) is 0 Å².